The molecule has 1 amide bonds. The Morgan fingerprint density at radius 1 is 1.22 bits per heavy atom. The first-order valence-corrected chi connectivity index (χ1v) is 10.5. The second-order valence-electron chi connectivity index (χ2n) is 7.69. The smallest absolute Gasteiger partial charge is 0.256 e. The van der Waals surface area contributed by atoms with E-state index in [-0.39, 0.29) is 24.6 Å². The molecule has 0 spiro atoms. The fourth-order valence-electron chi connectivity index (χ4n) is 3.66. The minimum atomic E-state index is -2.85. The van der Waals surface area contributed by atoms with Gasteiger partial charge in [0.05, 0.1) is 16.6 Å². The van der Waals surface area contributed by atoms with Gasteiger partial charge in [0.15, 0.2) is 5.82 Å². The number of hydrogen-bond donors (Lipinski definition) is 1. The van der Waals surface area contributed by atoms with Crippen molar-refractivity contribution in [1.82, 2.24) is 24.8 Å². The molecule has 32 heavy (non-hydrogen) atoms. The van der Waals surface area contributed by atoms with Gasteiger partial charge in [0, 0.05) is 50.7 Å². The second-order valence-corrected chi connectivity index (χ2v) is 8.12. The summed E-state index contributed by atoms with van der Waals surface area (Å²) in [6, 6.07) is 5.93. The highest BCUT2D eigenvalue weighted by atomic mass is 35.5. The van der Waals surface area contributed by atoms with Crippen LogP contribution in [0.4, 0.5) is 14.6 Å². The molecule has 0 saturated carbocycles. The van der Waals surface area contributed by atoms with Gasteiger partial charge in [-0.1, -0.05) is 11.6 Å². The third-order valence-corrected chi connectivity index (χ3v) is 5.46. The molecule has 1 aliphatic rings. The van der Waals surface area contributed by atoms with Crippen molar-refractivity contribution in [3.05, 3.63) is 65.2 Å². The van der Waals surface area contributed by atoms with Crippen LogP contribution in [-0.2, 0) is 0 Å². The van der Waals surface area contributed by atoms with Crippen molar-refractivity contribution >= 4 is 23.3 Å². The highest BCUT2D eigenvalue weighted by molar-refractivity contribution is 6.30. The summed E-state index contributed by atoms with van der Waals surface area (Å²) in [5, 5.41) is 3.51. The van der Waals surface area contributed by atoms with Crippen LogP contribution in [0.3, 0.4) is 0 Å². The van der Waals surface area contributed by atoms with Gasteiger partial charge in [0.25, 0.3) is 11.8 Å². The number of rotatable bonds is 5. The summed E-state index contributed by atoms with van der Waals surface area (Å²) in [5.74, 6) is -2.44. The fraction of sp³-hybridized carbons (Fsp3) is 0.318. The maximum atomic E-state index is 14.2. The second kappa shape index (κ2) is 9.12. The van der Waals surface area contributed by atoms with Crippen molar-refractivity contribution in [2.75, 3.05) is 18.4 Å². The number of nitrogens with one attached hydrogen (secondary N) is 1. The highest BCUT2D eigenvalue weighted by Crippen LogP contribution is 2.33. The molecule has 0 aromatic carbocycles. The summed E-state index contributed by atoms with van der Waals surface area (Å²) >= 11 is 5.85. The van der Waals surface area contributed by atoms with Crippen molar-refractivity contribution in [3.8, 4) is 11.5 Å². The first-order valence-electron chi connectivity index (χ1n) is 10.1. The minimum absolute atomic E-state index is 0.0742. The van der Waals surface area contributed by atoms with E-state index < -0.39 is 24.8 Å². The van der Waals surface area contributed by atoms with Crippen molar-refractivity contribution in [2.24, 2.45) is 0 Å². The predicted molar refractivity (Wildman–Crippen MR) is 117 cm³/mol. The molecular formula is C22H21ClF2N6O. The average Bonchev–Trinajstić information content (AvgIpc) is 2.78. The Hall–Kier alpha value is -3.20. The van der Waals surface area contributed by atoms with E-state index in [4.69, 9.17) is 11.6 Å². The van der Waals surface area contributed by atoms with Crippen LogP contribution < -0.4 is 5.32 Å². The number of piperidine rings is 1. The molecule has 1 N–H and O–H groups in total. The van der Waals surface area contributed by atoms with E-state index in [9.17, 15) is 13.6 Å². The number of aryl methyl sites for hydroxylation is 1. The number of carbonyl (C=O) groups excluding carboxylic acids is 1. The standard InChI is InChI=1S/C22H21ClF2N6O/c1-14-9-17(19(30-11-14)20-26-6-2-7-27-20)21(32)31-8-5-22(24,25)10-16(31)13-29-18-4-3-15(23)12-28-18/h2-4,6-7,9,11-12,16H,5,8,10,13H2,1H3,(H,28,29). The van der Waals surface area contributed by atoms with Crippen LogP contribution >= 0.6 is 11.6 Å². The Kier molecular flexibility index (Phi) is 6.27. The van der Waals surface area contributed by atoms with Crippen LogP contribution in [0.2, 0.25) is 5.02 Å². The minimum Gasteiger partial charge on any atom is -0.368 e. The third-order valence-electron chi connectivity index (χ3n) is 5.23. The van der Waals surface area contributed by atoms with Crippen molar-refractivity contribution in [2.45, 2.75) is 31.7 Å². The van der Waals surface area contributed by atoms with Crippen LogP contribution in [0.1, 0.15) is 28.8 Å². The fourth-order valence-corrected chi connectivity index (χ4v) is 3.77. The van der Waals surface area contributed by atoms with E-state index in [0.29, 0.717) is 22.4 Å². The number of alkyl halides is 2. The molecule has 1 aliphatic heterocycles. The lowest BCUT2D eigenvalue weighted by Crippen LogP contribution is -2.52. The maximum absolute atomic E-state index is 14.2. The summed E-state index contributed by atoms with van der Waals surface area (Å²) < 4.78 is 28.5. The Balaban J connectivity index is 1.62. The molecule has 10 heteroatoms. The highest BCUT2D eigenvalue weighted by Gasteiger charge is 2.42. The summed E-state index contributed by atoms with van der Waals surface area (Å²) in [5.41, 5.74) is 1.39. The zero-order valence-corrected chi connectivity index (χ0v) is 18.1. The first-order chi connectivity index (χ1) is 15.3. The van der Waals surface area contributed by atoms with Gasteiger partial charge >= 0.3 is 0 Å². The summed E-state index contributed by atoms with van der Waals surface area (Å²) in [7, 11) is 0. The molecule has 0 radical (unpaired) electrons. The van der Waals surface area contributed by atoms with Crippen molar-refractivity contribution in [1.29, 1.82) is 0 Å². The molecule has 0 bridgehead atoms. The largest absolute Gasteiger partial charge is 0.368 e. The molecule has 1 atom stereocenters. The van der Waals surface area contributed by atoms with E-state index in [0.717, 1.165) is 5.56 Å². The summed E-state index contributed by atoms with van der Waals surface area (Å²) in [6.45, 7) is 1.86. The number of likely N-dealkylation sites (tertiary alicyclic amines) is 1. The first kappa shape index (κ1) is 22.0. The Labute approximate surface area is 188 Å². The van der Waals surface area contributed by atoms with Crippen LogP contribution in [0.15, 0.2) is 49.1 Å². The quantitative estimate of drug-likeness (QED) is 0.615. The van der Waals surface area contributed by atoms with E-state index in [2.05, 4.69) is 25.3 Å². The van der Waals surface area contributed by atoms with E-state index in [1.165, 1.54) is 11.1 Å². The number of pyridine rings is 2. The monoisotopic (exact) mass is 458 g/mol. The van der Waals surface area contributed by atoms with Gasteiger partial charge in [0.1, 0.15) is 11.5 Å². The number of halogens is 3. The lowest BCUT2D eigenvalue weighted by Gasteiger charge is -2.39. The van der Waals surface area contributed by atoms with E-state index in [1.807, 2.05) is 6.92 Å². The Morgan fingerprint density at radius 3 is 2.72 bits per heavy atom. The van der Waals surface area contributed by atoms with Crippen LogP contribution in [0.25, 0.3) is 11.5 Å². The molecule has 0 aliphatic carbocycles. The van der Waals surface area contributed by atoms with Crippen LogP contribution in [0, 0.1) is 6.92 Å². The zero-order chi connectivity index (χ0) is 22.7. The molecule has 1 saturated heterocycles. The lowest BCUT2D eigenvalue weighted by atomic mass is 9.96. The summed E-state index contributed by atoms with van der Waals surface area (Å²) in [4.78, 5) is 31.9. The predicted octanol–water partition coefficient (Wildman–Crippen LogP) is 4.25. The number of aromatic nitrogens is 4. The van der Waals surface area contributed by atoms with Gasteiger partial charge in [-0.2, -0.15) is 0 Å². The third kappa shape index (κ3) is 4.99. The zero-order valence-electron chi connectivity index (χ0n) is 17.3. The van der Waals surface area contributed by atoms with Crippen LogP contribution in [-0.4, -0.2) is 55.8 Å². The number of anilines is 1. The number of amides is 1. The molecule has 7 nitrogen and oxygen atoms in total. The molecule has 3 aromatic rings. The topological polar surface area (TPSA) is 83.9 Å². The van der Waals surface area contributed by atoms with Gasteiger partial charge in [-0.15, -0.1) is 0 Å². The normalized spacial score (nSPS) is 17.8. The SMILES string of the molecule is Cc1cnc(-c2ncccn2)c(C(=O)N2CCC(F)(F)CC2CNc2ccc(Cl)cn2)c1. The molecule has 1 unspecified atom stereocenters. The molecule has 3 aromatic heterocycles. The van der Waals surface area contributed by atoms with Crippen molar-refractivity contribution in [3.63, 3.8) is 0 Å². The van der Waals surface area contributed by atoms with Gasteiger partial charge in [0.2, 0.25) is 0 Å². The maximum Gasteiger partial charge on any atom is 0.256 e. The van der Waals surface area contributed by atoms with Gasteiger partial charge in [-0.25, -0.2) is 23.7 Å². The Bertz CT molecular complexity index is 1100. The lowest BCUT2D eigenvalue weighted by molar-refractivity contribution is -0.0674. The van der Waals surface area contributed by atoms with E-state index in [1.54, 1.807) is 42.9 Å². The summed E-state index contributed by atoms with van der Waals surface area (Å²) in [6.07, 6.45) is 5.36. The number of carbonyl (C=O) groups is 1. The van der Waals surface area contributed by atoms with Gasteiger partial charge in [-0.05, 0) is 36.8 Å². The Morgan fingerprint density at radius 2 is 2.00 bits per heavy atom. The van der Waals surface area contributed by atoms with E-state index >= 15 is 0 Å². The molecule has 4 rings (SSSR count). The van der Waals surface area contributed by atoms with Gasteiger partial charge in [-0.3, -0.25) is 9.78 Å². The number of hydrogen-bond acceptors (Lipinski definition) is 6. The average molecular weight is 459 g/mol. The van der Waals surface area contributed by atoms with Gasteiger partial charge < -0.3 is 10.2 Å². The number of nitrogens with zero attached hydrogens (tertiary/aromatic N) is 5. The van der Waals surface area contributed by atoms with Crippen molar-refractivity contribution < 1.29 is 13.6 Å². The molecule has 166 valence electrons. The molecule has 4 heterocycles. The molecule has 1 fully saturated rings. The molecular weight excluding hydrogens is 438 g/mol. The van der Waals surface area contributed by atoms with Crippen LogP contribution in [0.5, 0.6) is 0 Å².